The van der Waals surface area contributed by atoms with E-state index in [2.05, 4.69) is 5.32 Å². The lowest BCUT2D eigenvalue weighted by molar-refractivity contribution is -0.154. The van der Waals surface area contributed by atoms with Crippen LogP contribution in [-0.4, -0.2) is 43.0 Å². The zero-order chi connectivity index (χ0) is 15.3. The van der Waals surface area contributed by atoms with Crippen molar-refractivity contribution in [1.29, 1.82) is 0 Å². The highest BCUT2D eigenvalue weighted by molar-refractivity contribution is 7.94. The smallest absolute Gasteiger partial charge is 0.277 e. The molecule has 1 atom stereocenters. The van der Waals surface area contributed by atoms with E-state index in [0.29, 0.717) is 12.8 Å². The van der Waals surface area contributed by atoms with Crippen LogP contribution in [0.1, 0.15) is 32.1 Å². The third kappa shape index (κ3) is 2.17. The van der Waals surface area contributed by atoms with E-state index < -0.39 is 39.1 Å². The van der Waals surface area contributed by atoms with Gasteiger partial charge in [-0.1, -0.05) is 19.3 Å². The van der Waals surface area contributed by atoms with Gasteiger partial charge in [-0.25, -0.2) is 13.2 Å². The first-order valence-corrected chi connectivity index (χ1v) is 8.67. The Balaban J connectivity index is 1.94. The molecule has 2 fully saturated rings. The van der Waals surface area contributed by atoms with Crippen molar-refractivity contribution in [1.82, 2.24) is 10.2 Å². The molecule has 0 aromatic rings. The van der Waals surface area contributed by atoms with E-state index >= 15 is 0 Å². The minimum Gasteiger partial charge on any atom is -0.277 e. The number of nitrogens with zero attached hydrogens (tertiary/aromatic N) is 1. The van der Waals surface area contributed by atoms with Crippen LogP contribution in [0.4, 0.5) is 4.79 Å². The predicted octanol–water partition coefficient (Wildman–Crippen LogP) is 0.326. The van der Waals surface area contributed by atoms with Crippen molar-refractivity contribution in [2.75, 3.05) is 5.75 Å². The zero-order valence-corrected chi connectivity index (χ0v) is 12.2. The maximum absolute atomic E-state index is 12.7. The molecular weight excluding hydrogens is 296 g/mol. The van der Waals surface area contributed by atoms with Gasteiger partial charge in [0.15, 0.2) is 9.84 Å². The topological polar surface area (TPSA) is 101 Å². The van der Waals surface area contributed by atoms with Gasteiger partial charge in [-0.2, -0.15) is 0 Å². The average Bonchev–Trinajstić information content (AvgIpc) is 2.78. The van der Waals surface area contributed by atoms with Crippen LogP contribution < -0.4 is 5.32 Å². The van der Waals surface area contributed by atoms with Gasteiger partial charge in [-0.15, -0.1) is 0 Å². The maximum Gasteiger partial charge on any atom is 0.331 e. The monoisotopic (exact) mass is 312 g/mol. The molecule has 2 heterocycles. The van der Waals surface area contributed by atoms with Crippen LogP contribution in [0.2, 0.25) is 0 Å². The Bertz CT molecular complexity index is 645. The fourth-order valence-electron chi connectivity index (χ4n) is 3.31. The number of hydrogen-bond donors (Lipinski definition) is 1. The molecular formula is C13H16N2O5S. The lowest BCUT2D eigenvalue weighted by atomic mass is 9.71. The largest absolute Gasteiger partial charge is 0.331 e. The number of rotatable bonds is 1. The highest BCUT2D eigenvalue weighted by atomic mass is 32.2. The molecule has 1 saturated heterocycles. The molecule has 1 unspecified atom stereocenters. The molecule has 2 aliphatic heterocycles. The summed E-state index contributed by atoms with van der Waals surface area (Å²) in [6, 6.07) is -1.65. The van der Waals surface area contributed by atoms with E-state index in [9.17, 15) is 22.8 Å². The van der Waals surface area contributed by atoms with Gasteiger partial charge >= 0.3 is 6.03 Å². The van der Waals surface area contributed by atoms with Crippen molar-refractivity contribution in [2.24, 2.45) is 5.41 Å². The Kier molecular flexibility index (Phi) is 3.16. The molecule has 1 saturated carbocycles. The normalized spacial score (nSPS) is 30.8. The highest BCUT2D eigenvalue weighted by Gasteiger charge is 2.55. The Labute approximate surface area is 122 Å². The van der Waals surface area contributed by atoms with Crippen LogP contribution in [0.15, 0.2) is 11.5 Å². The molecule has 1 spiro atoms. The Morgan fingerprint density at radius 1 is 1.14 bits per heavy atom. The number of nitrogens with one attached hydrogen (secondary N) is 1. The van der Waals surface area contributed by atoms with Crippen LogP contribution in [0.3, 0.4) is 0 Å². The summed E-state index contributed by atoms with van der Waals surface area (Å²) in [5.74, 6) is -1.41. The van der Waals surface area contributed by atoms with Crippen molar-refractivity contribution in [3.8, 4) is 0 Å². The minimum atomic E-state index is -3.39. The van der Waals surface area contributed by atoms with Gasteiger partial charge in [0.1, 0.15) is 5.41 Å². The van der Waals surface area contributed by atoms with Gasteiger partial charge in [0.25, 0.3) is 0 Å². The predicted molar refractivity (Wildman–Crippen MR) is 72.6 cm³/mol. The van der Waals surface area contributed by atoms with Crippen LogP contribution in [-0.2, 0) is 19.4 Å². The van der Waals surface area contributed by atoms with Gasteiger partial charge in [-0.3, -0.25) is 19.8 Å². The first-order valence-electron chi connectivity index (χ1n) is 6.96. The molecule has 114 valence electrons. The van der Waals surface area contributed by atoms with Crippen molar-refractivity contribution in [3.05, 3.63) is 11.5 Å². The molecule has 8 heteroatoms. The molecule has 21 heavy (non-hydrogen) atoms. The third-order valence-electron chi connectivity index (χ3n) is 4.45. The fourth-order valence-corrected chi connectivity index (χ4v) is 4.58. The molecule has 7 nitrogen and oxygen atoms in total. The van der Waals surface area contributed by atoms with E-state index in [4.69, 9.17) is 0 Å². The number of amides is 4. The number of carbonyl (C=O) groups is 3. The zero-order valence-electron chi connectivity index (χ0n) is 11.4. The second-order valence-electron chi connectivity index (χ2n) is 5.80. The SMILES string of the molecule is O=C1NC(=O)C2(CCCCC2)C(=O)N1C1C=CS(=O)(=O)C1. The van der Waals surface area contributed by atoms with Crippen LogP contribution in [0, 0.1) is 5.41 Å². The summed E-state index contributed by atoms with van der Waals surface area (Å²) < 4.78 is 23.0. The summed E-state index contributed by atoms with van der Waals surface area (Å²) in [6.07, 6.45) is 4.60. The van der Waals surface area contributed by atoms with E-state index in [1.165, 1.54) is 6.08 Å². The van der Waals surface area contributed by atoms with Gasteiger partial charge < -0.3 is 0 Å². The summed E-state index contributed by atoms with van der Waals surface area (Å²) >= 11 is 0. The minimum absolute atomic E-state index is 0.309. The van der Waals surface area contributed by atoms with Gasteiger partial charge in [-0.05, 0) is 18.9 Å². The number of hydrogen-bond acceptors (Lipinski definition) is 5. The summed E-state index contributed by atoms with van der Waals surface area (Å²) in [7, 11) is -3.39. The van der Waals surface area contributed by atoms with E-state index in [-0.39, 0.29) is 5.75 Å². The number of sulfone groups is 1. The molecule has 3 rings (SSSR count). The fraction of sp³-hybridized carbons (Fsp3) is 0.615. The number of urea groups is 1. The first kappa shape index (κ1) is 14.2. The average molecular weight is 312 g/mol. The Hall–Kier alpha value is -1.70. The van der Waals surface area contributed by atoms with Crippen molar-refractivity contribution in [3.63, 3.8) is 0 Å². The summed E-state index contributed by atoms with van der Waals surface area (Å²) in [5.41, 5.74) is -1.20. The molecule has 0 bridgehead atoms. The molecule has 0 radical (unpaired) electrons. The van der Waals surface area contributed by atoms with Crippen LogP contribution in [0.25, 0.3) is 0 Å². The van der Waals surface area contributed by atoms with Gasteiger partial charge in [0, 0.05) is 5.41 Å². The second-order valence-corrected chi connectivity index (χ2v) is 7.73. The standard InChI is InChI=1S/C13H16N2O5S/c16-10-13(5-2-1-3-6-13)11(17)15(12(18)14-10)9-4-7-21(19,20)8-9/h4,7,9H,1-3,5-6,8H2,(H,14,16,18). The summed E-state index contributed by atoms with van der Waals surface area (Å²) in [6.45, 7) is 0. The molecule has 0 aromatic carbocycles. The Morgan fingerprint density at radius 3 is 2.38 bits per heavy atom. The quantitative estimate of drug-likeness (QED) is 0.703. The van der Waals surface area contributed by atoms with E-state index in [0.717, 1.165) is 29.6 Å². The van der Waals surface area contributed by atoms with E-state index in [1.54, 1.807) is 0 Å². The maximum atomic E-state index is 12.7. The lowest BCUT2D eigenvalue weighted by Gasteiger charge is -2.42. The highest BCUT2D eigenvalue weighted by Crippen LogP contribution is 2.41. The number of imide groups is 2. The third-order valence-corrected chi connectivity index (χ3v) is 5.83. The molecule has 3 aliphatic rings. The summed E-state index contributed by atoms with van der Waals surface area (Å²) in [5, 5.41) is 3.24. The molecule has 4 amide bonds. The molecule has 1 aliphatic carbocycles. The molecule has 0 aromatic heterocycles. The second kappa shape index (κ2) is 4.66. The van der Waals surface area contributed by atoms with Crippen LogP contribution >= 0.6 is 0 Å². The van der Waals surface area contributed by atoms with Crippen LogP contribution in [0.5, 0.6) is 0 Å². The summed E-state index contributed by atoms with van der Waals surface area (Å²) in [4.78, 5) is 37.8. The lowest BCUT2D eigenvalue weighted by Crippen LogP contribution is -2.66. The van der Waals surface area contributed by atoms with Crippen molar-refractivity contribution in [2.45, 2.75) is 38.1 Å². The van der Waals surface area contributed by atoms with Gasteiger partial charge in [0.2, 0.25) is 11.8 Å². The first-order chi connectivity index (χ1) is 9.86. The van der Waals surface area contributed by atoms with Gasteiger partial charge in [0.05, 0.1) is 11.8 Å². The van der Waals surface area contributed by atoms with E-state index in [1.807, 2.05) is 0 Å². The number of carbonyl (C=O) groups excluding carboxylic acids is 3. The van der Waals surface area contributed by atoms with Crippen molar-refractivity contribution < 1.29 is 22.8 Å². The Morgan fingerprint density at radius 2 is 1.81 bits per heavy atom. The number of barbiturate groups is 1. The molecule has 1 N–H and O–H groups in total. The van der Waals surface area contributed by atoms with Crippen molar-refractivity contribution >= 4 is 27.7 Å².